The summed E-state index contributed by atoms with van der Waals surface area (Å²) in [5.74, 6) is -0.0890. The van der Waals surface area contributed by atoms with Gasteiger partial charge in [-0.3, -0.25) is 4.79 Å². The number of halogens is 2. The molecule has 0 spiro atoms. The highest BCUT2D eigenvalue weighted by Gasteiger charge is 2.13. The van der Waals surface area contributed by atoms with Crippen LogP contribution in [0.1, 0.15) is 27.8 Å². The van der Waals surface area contributed by atoms with Gasteiger partial charge in [-0.05, 0) is 91.1 Å². The third-order valence-electron chi connectivity index (χ3n) is 4.90. The molecule has 32 heavy (non-hydrogen) atoms. The van der Waals surface area contributed by atoms with Gasteiger partial charge in [0.25, 0.3) is 5.91 Å². The highest BCUT2D eigenvalue weighted by atomic mass is 35.5. The minimum atomic E-state index is -0.509. The van der Waals surface area contributed by atoms with Crippen LogP contribution in [-0.2, 0) is 11.4 Å². The second kappa shape index (κ2) is 10.1. The number of nitrogens with zero attached hydrogens (tertiary/aromatic N) is 1. The van der Waals surface area contributed by atoms with Crippen molar-refractivity contribution in [1.29, 1.82) is 5.26 Å². The minimum absolute atomic E-state index is 0.0249. The Balaban J connectivity index is 1.78. The van der Waals surface area contributed by atoms with Crippen molar-refractivity contribution in [3.05, 3.63) is 98.8 Å². The molecule has 4 nitrogen and oxygen atoms in total. The lowest BCUT2D eigenvalue weighted by molar-refractivity contribution is -0.112. The summed E-state index contributed by atoms with van der Waals surface area (Å²) >= 11 is 6.01. The normalized spacial score (nSPS) is 11.1. The van der Waals surface area contributed by atoms with Gasteiger partial charge in [0.1, 0.15) is 29.8 Å². The van der Waals surface area contributed by atoms with Crippen LogP contribution in [0.2, 0.25) is 5.02 Å². The number of benzene rings is 3. The summed E-state index contributed by atoms with van der Waals surface area (Å²) in [6, 6.07) is 17.0. The maximum absolute atomic E-state index is 13.1. The molecule has 0 fully saturated rings. The highest BCUT2D eigenvalue weighted by molar-refractivity contribution is 6.31. The zero-order valence-electron chi connectivity index (χ0n) is 18.0. The van der Waals surface area contributed by atoms with Gasteiger partial charge in [0.05, 0.1) is 0 Å². The largest absolute Gasteiger partial charge is 0.488 e. The lowest BCUT2D eigenvalue weighted by Crippen LogP contribution is -2.14. The highest BCUT2D eigenvalue weighted by Crippen LogP contribution is 2.27. The maximum atomic E-state index is 13.1. The average molecular weight is 449 g/mol. The fourth-order valence-electron chi connectivity index (χ4n) is 3.26. The molecule has 162 valence electrons. The first-order chi connectivity index (χ1) is 15.3. The van der Waals surface area contributed by atoms with Gasteiger partial charge in [0.2, 0.25) is 0 Å². The van der Waals surface area contributed by atoms with Crippen LogP contribution in [0.15, 0.2) is 60.2 Å². The number of rotatable bonds is 6. The molecule has 3 aromatic rings. The molecular weight excluding hydrogens is 427 g/mol. The van der Waals surface area contributed by atoms with Crippen LogP contribution in [0.3, 0.4) is 0 Å². The number of nitriles is 1. The summed E-state index contributed by atoms with van der Waals surface area (Å²) in [4.78, 5) is 12.6. The van der Waals surface area contributed by atoms with Gasteiger partial charge in [-0.15, -0.1) is 0 Å². The quantitative estimate of drug-likeness (QED) is 0.344. The predicted molar refractivity (Wildman–Crippen MR) is 125 cm³/mol. The Kier molecular flexibility index (Phi) is 7.29. The molecule has 0 heterocycles. The van der Waals surface area contributed by atoms with E-state index in [0.717, 1.165) is 22.3 Å². The molecule has 0 unspecified atom stereocenters. The molecule has 0 aliphatic heterocycles. The van der Waals surface area contributed by atoms with E-state index in [1.165, 1.54) is 12.1 Å². The van der Waals surface area contributed by atoms with E-state index in [0.29, 0.717) is 28.6 Å². The predicted octanol–water partition coefficient (Wildman–Crippen LogP) is 6.53. The third kappa shape index (κ3) is 5.75. The van der Waals surface area contributed by atoms with Crippen LogP contribution in [-0.4, -0.2) is 5.91 Å². The van der Waals surface area contributed by atoms with Crippen LogP contribution in [0, 0.1) is 37.9 Å². The van der Waals surface area contributed by atoms with Crippen molar-refractivity contribution in [3.8, 4) is 11.8 Å². The Morgan fingerprint density at radius 1 is 1.06 bits per heavy atom. The number of nitrogens with one attached hydrogen (secondary N) is 1. The number of amides is 1. The molecule has 0 saturated carbocycles. The van der Waals surface area contributed by atoms with E-state index in [9.17, 15) is 14.4 Å². The Morgan fingerprint density at radius 2 is 1.72 bits per heavy atom. The molecular formula is C26H22ClFN2O2. The van der Waals surface area contributed by atoms with E-state index in [1.54, 1.807) is 36.4 Å². The van der Waals surface area contributed by atoms with Gasteiger partial charge in [0, 0.05) is 10.7 Å². The minimum Gasteiger partial charge on any atom is -0.488 e. The van der Waals surface area contributed by atoms with Crippen LogP contribution in [0.25, 0.3) is 6.08 Å². The number of carbonyl (C=O) groups excluding carboxylic acids is 1. The molecule has 3 aromatic carbocycles. The summed E-state index contributed by atoms with van der Waals surface area (Å²) in [5.41, 5.74) is 4.67. The van der Waals surface area contributed by atoms with Gasteiger partial charge in [-0.2, -0.15) is 5.26 Å². The van der Waals surface area contributed by atoms with Crippen LogP contribution in [0.4, 0.5) is 10.1 Å². The van der Waals surface area contributed by atoms with Crippen LogP contribution >= 0.6 is 11.6 Å². The van der Waals surface area contributed by atoms with E-state index >= 15 is 0 Å². The number of carbonyl (C=O) groups is 1. The molecule has 0 aromatic heterocycles. The average Bonchev–Trinajstić information content (AvgIpc) is 2.75. The fourth-order valence-corrected chi connectivity index (χ4v) is 3.44. The first kappa shape index (κ1) is 23.1. The molecule has 0 aliphatic carbocycles. The number of hydrogen-bond donors (Lipinski definition) is 1. The summed E-state index contributed by atoms with van der Waals surface area (Å²) in [6.45, 7) is 5.94. The molecule has 1 amide bonds. The zero-order valence-corrected chi connectivity index (χ0v) is 18.8. The van der Waals surface area contributed by atoms with Gasteiger partial charge < -0.3 is 10.1 Å². The maximum Gasteiger partial charge on any atom is 0.266 e. The van der Waals surface area contributed by atoms with Crippen molar-refractivity contribution in [2.75, 3.05) is 5.32 Å². The molecule has 0 saturated heterocycles. The van der Waals surface area contributed by atoms with Crippen LogP contribution < -0.4 is 10.1 Å². The van der Waals surface area contributed by atoms with Crippen molar-refractivity contribution >= 4 is 29.3 Å². The molecule has 3 rings (SSSR count). The Bertz CT molecular complexity index is 1200. The van der Waals surface area contributed by atoms with Crippen molar-refractivity contribution < 1.29 is 13.9 Å². The lowest BCUT2D eigenvalue weighted by Gasteiger charge is -2.14. The summed E-state index contributed by atoms with van der Waals surface area (Å²) in [7, 11) is 0. The first-order valence-electron chi connectivity index (χ1n) is 9.94. The van der Waals surface area contributed by atoms with E-state index in [-0.39, 0.29) is 11.4 Å². The Hall–Kier alpha value is -3.62. The van der Waals surface area contributed by atoms with Gasteiger partial charge in [0.15, 0.2) is 0 Å². The monoisotopic (exact) mass is 448 g/mol. The molecule has 1 N–H and O–H groups in total. The van der Waals surface area contributed by atoms with E-state index in [4.69, 9.17) is 16.3 Å². The summed E-state index contributed by atoms with van der Waals surface area (Å²) in [6.07, 6.45) is 1.54. The molecule has 0 radical (unpaired) electrons. The zero-order chi connectivity index (χ0) is 23.3. The Morgan fingerprint density at radius 3 is 2.34 bits per heavy atom. The fraction of sp³-hybridized carbons (Fsp3) is 0.154. The van der Waals surface area contributed by atoms with Gasteiger partial charge >= 0.3 is 0 Å². The van der Waals surface area contributed by atoms with Crippen molar-refractivity contribution in [2.24, 2.45) is 0 Å². The van der Waals surface area contributed by atoms with Crippen molar-refractivity contribution in [2.45, 2.75) is 27.4 Å². The van der Waals surface area contributed by atoms with Gasteiger partial charge in [-0.1, -0.05) is 29.8 Å². The lowest BCUT2D eigenvalue weighted by atomic mass is 10.0. The third-order valence-corrected chi connectivity index (χ3v) is 5.14. The smallest absolute Gasteiger partial charge is 0.266 e. The number of aryl methyl sites for hydroxylation is 3. The second-order valence-electron chi connectivity index (χ2n) is 7.48. The number of ether oxygens (including phenoxy) is 1. The van der Waals surface area contributed by atoms with Crippen molar-refractivity contribution in [3.63, 3.8) is 0 Å². The molecule has 6 heteroatoms. The second-order valence-corrected chi connectivity index (χ2v) is 7.92. The standard InChI is InChI=1S/C26H22ClFN2O2/c1-16-4-7-22(27)13-24(16)30-26(31)21(14-29)12-20-10-17(2)25(18(3)11-20)32-15-19-5-8-23(28)9-6-19/h4-13H,15H2,1-3H3,(H,30,31)/b21-12+. The SMILES string of the molecule is Cc1ccc(Cl)cc1NC(=O)/C(C#N)=C/c1cc(C)c(OCc2ccc(F)cc2)c(C)c1. The van der Waals surface area contributed by atoms with Gasteiger partial charge in [-0.25, -0.2) is 4.39 Å². The van der Waals surface area contributed by atoms with E-state index in [2.05, 4.69) is 5.32 Å². The van der Waals surface area contributed by atoms with E-state index < -0.39 is 5.91 Å². The van der Waals surface area contributed by atoms with Crippen molar-refractivity contribution in [1.82, 2.24) is 0 Å². The number of hydrogen-bond acceptors (Lipinski definition) is 3. The summed E-state index contributed by atoms with van der Waals surface area (Å²) < 4.78 is 19.0. The Labute approximate surface area is 191 Å². The molecule has 0 atom stereocenters. The first-order valence-corrected chi connectivity index (χ1v) is 10.3. The molecule has 0 bridgehead atoms. The number of anilines is 1. The van der Waals surface area contributed by atoms with E-state index in [1.807, 2.05) is 39.0 Å². The van der Waals surface area contributed by atoms with Crippen LogP contribution in [0.5, 0.6) is 5.75 Å². The molecule has 0 aliphatic rings. The topological polar surface area (TPSA) is 62.1 Å². The summed E-state index contributed by atoms with van der Waals surface area (Å²) in [5, 5.41) is 12.8.